The summed E-state index contributed by atoms with van der Waals surface area (Å²) < 4.78 is 0. The SMILES string of the molecule is CCCCCCNC(=NCCCNC(=O)c1cccs1)NCC. The number of aliphatic imine (C=N–C) groups is 1. The van der Waals surface area contributed by atoms with Crippen molar-refractivity contribution in [2.75, 3.05) is 26.2 Å². The van der Waals surface area contributed by atoms with Crippen LogP contribution < -0.4 is 16.0 Å². The normalized spacial score (nSPS) is 11.3. The summed E-state index contributed by atoms with van der Waals surface area (Å²) in [6, 6.07) is 3.72. The fourth-order valence-corrected chi connectivity index (χ4v) is 2.71. The van der Waals surface area contributed by atoms with Gasteiger partial charge in [0.25, 0.3) is 5.91 Å². The second kappa shape index (κ2) is 12.9. The Morgan fingerprint density at radius 1 is 1.09 bits per heavy atom. The predicted octanol–water partition coefficient (Wildman–Crippen LogP) is 3.00. The fraction of sp³-hybridized carbons (Fsp3) is 0.647. The van der Waals surface area contributed by atoms with Crippen LogP contribution in [0, 0.1) is 0 Å². The van der Waals surface area contributed by atoms with Crippen molar-refractivity contribution in [1.82, 2.24) is 16.0 Å². The van der Waals surface area contributed by atoms with E-state index in [9.17, 15) is 4.79 Å². The molecule has 130 valence electrons. The predicted molar refractivity (Wildman–Crippen MR) is 99.4 cm³/mol. The summed E-state index contributed by atoms with van der Waals surface area (Å²) in [5.41, 5.74) is 0. The van der Waals surface area contributed by atoms with Crippen LogP contribution in [0.1, 0.15) is 55.6 Å². The van der Waals surface area contributed by atoms with Crippen LogP contribution in [-0.2, 0) is 0 Å². The van der Waals surface area contributed by atoms with Crippen LogP contribution in [0.5, 0.6) is 0 Å². The zero-order valence-electron chi connectivity index (χ0n) is 14.4. The number of nitrogens with one attached hydrogen (secondary N) is 3. The first-order chi connectivity index (χ1) is 11.3. The molecule has 0 spiro atoms. The highest BCUT2D eigenvalue weighted by Crippen LogP contribution is 2.07. The number of amides is 1. The van der Waals surface area contributed by atoms with Gasteiger partial charge >= 0.3 is 0 Å². The standard InChI is InChI=1S/C17H30N4OS/c1-3-5-6-7-11-20-17(18-4-2)21-13-9-12-19-16(22)15-10-8-14-23-15/h8,10,14H,3-7,9,11-13H2,1-2H3,(H,19,22)(H2,18,20,21). The zero-order chi connectivity index (χ0) is 16.8. The second-order valence-electron chi connectivity index (χ2n) is 5.33. The van der Waals surface area contributed by atoms with Gasteiger partial charge in [0.15, 0.2) is 5.96 Å². The Kier molecular flexibility index (Phi) is 11.0. The monoisotopic (exact) mass is 338 g/mol. The van der Waals surface area contributed by atoms with E-state index in [0.29, 0.717) is 13.1 Å². The van der Waals surface area contributed by atoms with Gasteiger partial charge in [0.05, 0.1) is 4.88 Å². The molecule has 23 heavy (non-hydrogen) atoms. The van der Waals surface area contributed by atoms with Crippen molar-refractivity contribution >= 4 is 23.2 Å². The minimum absolute atomic E-state index is 0.00457. The van der Waals surface area contributed by atoms with Crippen LogP contribution in [0.2, 0.25) is 0 Å². The number of carbonyl (C=O) groups excluding carboxylic acids is 1. The Bertz CT molecular complexity index is 445. The van der Waals surface area contributed by atoms with Gasteiger partial charge in [-0.1, -0.05) is 32.3 Å². The van der Waals surface area contributed by atoms with Gasteiger partial charge in [0, 0.05) is 26.2 Å². The van der Waals surface area contributed by atoms with Crippen LogP contribution in [0.3, 0.4) is 0 Å². The first-order valence-electron chi connectivity index (χ1n) is 8.61. The molecule has 0 saturated carbocycles. The third kappa shape index (κ3) is 9.23. The Hall–Kier alpha value is -1.56. The minimum atomic E-state index is 0.00457. The Morgan fingerprint density at radius 3 is 2.61 bits per heavy atom. The molecule has 0 aliphatic carbocycles. The highest BCUT2D eigenvalue weighted by molar-refractivity contribution is 7.12. The van der Waals surface area contributed by atoms with E-state index in [1.54, 1.807) is 0 Å². The van der Waals surface area contributed by atoms with E-state index >= 15 is 0 Å². The molecule has 0 aromatic carbocycles. The molecule has 0 unspecified atom stereocenters. The number of hydrogen-bond acceptors (Lipinski definition) is 3. The number of nitrogens with zero attached hydrogens (tertiary/aromatic N) is 1. The van der Waals surface area contributed by atoms with Crippen LogP contribution in [-0.4, -0.2) is 38.0 Å². The number of unbranched alkanes of at least 4 members (excludes halogenated alkanes) is 3. The Labute approximate surface area is 144 Å². The lowest BCUT2D eigenvalue weighted by atomic mass is 10.2. The molecular formula is C17H30N4OS. The molecule has 0 fully saturated rings. The van der Waals surface area contributed by atoms with Gasteiger partial charge in [0.2, 0.25) is 0 Å². The van der Waals surface area contributed by atoms with Crippen molar-refractivity contribution < 1.29 is 4.79 Å². The van der Waals surface area contributed by atoms with E-state index in [2.05, 4.69) is 34.8 Å². The summed E-state index contributed by atoms with van der Waals surface area (Å²) in [4.78, 5) is 17.1. The van der Waals surface area contributed by atoms with Crippen molar-refractivity contribution in [1.29, 1.82) is 0 Å². The summed E-state index contributed by atoms with van der Waals surface area (Å²) in [7, 11) is 0. The lowest BCUT2D eigenvalue weighted by Gasteiger charge is -2.11. The molecule has 1 aromatic heterocycles. The van der Waals surface area contributed by atoms with Crippen LogP contribution in [0.15, 0.2) is 22.5 Å². The van der Waals surface area contributed by atoms with Gasteiger partial charge in [-0.2, -0.15) is 0 Å². The van der Waals surface area contributed by atoms with Gasteiger partial charge in [-0.05, 0) is 31.2 Å². The molecule has 0 radical (unpaired) electrons. The molecule has 1 amide bonds. The van der Waals surface area contributed by atoms with E-state index in [1.165, 1.54) is 37.0 Å². The molecule has 0 atom stereocenters. The average Bonchev–Trinajstić information content (AvgIpc) is 3.08. The molecule has 5 nitrogen and oxygen atoms in total. The van der Waals surface area contributed by atoms with Crippen LogP contribution in [0.25, 0.3) is 0 Å². The fourth-order valence-electron chi connectivity index (χ4n) is 2.07. The van der Waals surface area contributed by atoms with Crippen molar-refractivity contribution in [3.63, 3.8) is 0 Å². The molecule has 6 heteroatoms. The van der Waals surface area contributed by atoms with Crippen LogP contribution in [0.4, 0.5) is 0 Å². The van der Waals surface area contributed by atoms with E-state index in [4.69, 9.17) is 0 Å². The van der Waals surface area contributed by atoms with Gasteiger partial charge < -0.3 is 16.0 Å². The van der Waals surface area contributed by atoms with E-state index in [-0.39, 0.29) is 5.91 Å². The first-order valence-corrected chi connectivity index (χ1v) is 9.49. The quantitative estimate of drug-likeness (QED) is 0.330. The van der Waals surface area contributed by atoms with Gasteiger partial charge in [-0.15, -0.1) is 11.3 Å². The maximum Gasteiger partial charge on any atom is 0.261 e. The highest BCUT2D eigenvalue weighted by atomic mass is 32.1. The van der Waals surface area contributed by atoms with Crippen molar-refractivity contribution in [3.8, 4) is 0 Å². The molecule has 3 N–H and O–H groups in total. The number of carbonyl (C=O) groups is 1. The van der Waals surface area contributed by atoms with E-state index in [0.717, 1.165) is 30.3 Å². The smallest absolute Gasteiger partial charge is 0.261 e. The third-order valence-electron chi connectivity index (χ3n) is 3.30. The summed E-state index contributed by atoms with van der Waals surface area (Å²) in [5.74, 6) is 0.874. The van der Waals surface area contributed by atoms with Crippen molar-refractivity contribution in [2.45, 2.75) is 46.0 Å². The second-order valence-corrected chi connectivity index (χ2v) is 6.28. The summed E-state index contributed by atoms with van der Waals surface area (Å²) in [6.45, 7) is 7.45. The molecule has 1 aromatic rings. The molecule has 0 aliphatic heterocycles. The maximum atomic E-state index is 11.8. The number of thiophene rings is 1. The van der Waals surface area contributed by atoms with Gasteiger partial charge in [0.1, 0.15) is 0 Å². The highest BCUT2D eigenvalue weighted by Gasteiger charge is 2.04. The first kappa shape index (κ1) is 19.5. The number of guanidine groups is 1. The maximum absolute atomic E-state index is 11.8. The lowest BCUT2D eigenvalue weighted by molar-refractivity contribution is 0.0957. The van der Waals surface area contributed by atoms with E-state index in [1.807, 2.05) is 17.5 Å². The third-order valence-corrected chi connectivity index (χ3v) is 4.17. The molecule has 0 bridgehead atoms. The molecule has 1 rings (SSSR count). The van der Waals surface area contributed by atoms with Gasteiger partial charge in [-0.3, -0.25) is 9.79 Å². The molecule has 0 aliphatic rings. The van der Waals surface area contributed by atoms with Crippen LogP contribution >= 0.6 is 11.3 Å². The lowest BCUT2D eigenvalue weighted by Crippen LogP contribution is -2.38. The summed E-state index contributed by atoms with van der Waals surface area (Å²) in [5, 5.41) is 11.4. The number of hydrogen-bond donors (Lipinski definition) is 3. The van der Waals surface area contributed by atoms with E-state index < -0.39 is 0 Å². The Balaban J connectivity index is 2.16. The van der Waals surface area contributed by atoms with Gasteiger partial charge in [-0.25, -0.2) is 0 Å². The molecular weight excluding hydrogens is 308 g/mol. The van der Waals surface area contributed by atoms with Crippen molar-refractivity contribution in [3.05, 3.63) is 22.4 Å². The largest absolute Gasteiger partial charge is 0.357 e. The summed E-state index contributed by atoms with van der Waals surface area (Å²) in [6.07, 6.45) is 5.82. The Morgan fingerprint density at radius 2 is 1.91 bits per heavy atom. The van der Waals surface area contributed by atoms with Crippen molar-refractivity contribution in [2.24, 2.45) is 4.99 Å². The average molecular weight is 339 g/mol. The summed E-state index contributed by atoms with van der Waals surface area (Å²) >= 11 is 1.46. The molecule has 1 heterocycles. The molecule has 0 saturated heterocycles. The topological polar surface area (TPSA) is 65.5 Å². The number of rotatable bonds is 11. The zero-order valence-corrected chi connectivity index (χ0v) is 15.2. The minimum Gasteiger partial charge on any atom is -0.357 e.